The Balaban J connectivity index is 2.50. The number of halogens is 2. The average molecular weight is 290 g/mol. The van der Waals surface area contributed by atoms with Gasteiger partial charge in [0.25, 0.3) is 0 Å². The molecule has 6 heteroatoms. The molecule has 18 heavy (non-hydrogen) atoms. The van der Waals surface area contributed by atoms with E-state index in [1.165, 1.54) is 0 Å². The van der Waals surface area contributed by atoms with Crippen LogP contribution in [0.5, 0.6) is 0 Å². The third-order valence-corrected chi connectivity index (χ3v) is 3.27. The molecule has 0 saturated carbocycles. The molecule has 0 radical (unpaired) electrons. The Kier molecular flexibility index (Phi) is 6.25. The van der Waals surface area contributed by atoms with E-state index in [1.54, 1.807) is 6.07 Å². The van der Waals surface area contributed by atoms with Crippen LogP contribution in [0.4, 0.5) is 0 Å². The molecule has 0 amide bonds. The molecule has 0 bridgehead atoms. The maximum Gasteiger partial charge on any atom is 0.156 e. The van der Waals surface area contributed by atoms with E-state index >= 15 is 0 Å². The first-order chi connectivity index (χ1) is 8.58. The van der Waals surface area contributed by atoms with Crippen molar-refractivity contribution in [3.63, 3.8) is 0 Å². The van der Waals surface area contributed by atoms with Gasteiger partial charge in [-0.25, -0.2) is 0 Å². The van der Waals surface area contributed by atoms with Crippen molar-refractivity contribution < 1.29 is 5.21 Å². The van der Waals surface area contributed by atoms with E-state index in [4.69, 9.17) is 34.1 Å². The Bertz CT molecular complexity index is 424. The van der Waals surface area contributed by atoms with E-state index < -0.39 is 0 Å². The molecule has 0 aliphatic heterocycles. The highest BCUT2D eigenvalue weighted by atomic mass is 35.5. The van der Waals surface area contributed by atoms with Crippen molar-refractivity contribution in [3.8, 4) is 0 Å². The van der Waals surface area contributed by atoms with Gasteiger partial charge in [-0.05, 0) is 37.1 Å². The van der Waals surface area contributed by atoms with Gasteiger partial charge in [-0.2, -0.15) is 0 Å². The highest BCUT2D eigenvalue weighted by molar-refractivity contribution is 6.35. The van der Waals surface area contributed by atoms with E-state index in [9.17, 15) is 0 Å². The fourth-order valence-electron chi connectivity index (χ4n) is 1.63. The van der Waals surface area contributed by atoms with Gasteiger partial charge in [0, 0.05) is 10.0 Å². The van der Waals surface area contributed by atoms with E-state index in [-0.39, 0.29) is 11.9 Å². The maximum atomic E-state index is 8.61. The summed E-state index contributed by atoms with van der Waals surface area (Å²) in [7, 11) is 0. The van der Waals surface area contributed by atoms with Gasteiger partial charge in [0.1, 0.15) is 0 Å². The number of hydrogen-bond donors (Lipinski definition) is 3. The molecule has 0 saturated heterocycles. The fraction of sp³-hybridized carbons (Fsp3) is 0.417. The molecule has 0 aromatic heterocycles. The minimum Gasteiger partial charge on any atom is -0.409 e. The van der Waals surface area contributed by atoms with Gasteiger partial charge < -0.3 is 16.3 Å². The normalized spacial score (nSPS) is 13.6. The van der Waals surface area contributed by atoms with E-state index in [0.29, 0.717) is 16.6 Å². The monoisotopic (exact) mass is 289 g/mol. The molecule has 1 rings (SSSR count). The van der Waals surface area contributed by atoms with E-state index in [1.807, 2.05) is 19.1 Å². The molecule has 1 atom stereocenters. The van der Waals surface area contributed by atoms with Crippen LogP contribution in [0.3, 0.4) is 0 Å². The first-order valence-electron chi connectivity index (χ1n) is 5.73. The number of benzene rings is 1. The van der Waals surface area contributed by atoms with Gasteiger partial charge in [-0.1, -0.05) is 41.3 Å². The minimum atomic E-state index is -0.124. The third-order valence-electron chi connectivity index (χ3n) is 2.68. The largest absolute Gasteiger partial charge is 0.409 e. The Morgan fingerprint density at radius 2 is 2.22 bits per heavy atom. The van der Waals surface area contributed by atoms with Crippen molar-refractivity contribution in [1.82, 2.24) is 5.32 Å². The predicted molar refractivity (Wildman–Crippen MR) is 75.7 cm³/mol. The minimum absolute atomic E-state index is 0.124. The summed E-state index contributed by atoms with van der Waals surface area (Å²) in [6.45, 7) is 2.65. The van der Waals surface area contributed by atoms with Gasteiger partial charge in [-0.15, -0.1) is 0 Å². The number of amidine groups is 1. The molecular formula is C12H17Cl2N3O. The maximum absolute atomic E-state index is 8.61. The molecule has 0 aliphatic carbocycles. The zero-order chi connectivity index (χ0) is 13.5. The van der Waals surface area contributed by atoms with Crippen molar-refractivity contribution in [2.45, 2.75) is 25.8 Å². The summed E-state index contributed by atoms with van der Waals surface area (Å²) in [6.07, 6.45) is 1.51. The van der Waals surface area contributed by atoms with Gasteiger partial charge in [-0.3, -0.25) is 0 Å². The molecule has 100 valence electrons. The zero-order valence-electron chi connectivity index (χ0n) is 10.2. The Morgan fingerprint density at radius 3 is 2.78 bits per heavy atom. The lowest BCUT2D eigenvalue weighted by Crippen LogP contribution is -2.41. The first kappa shape index (κ1) is 15.1. The SMILES string of the molecule is CCC(NCCc1ccc(Cl)cc1Cl)/C(N)=N/O. The van der Waals surface area contributed by atoms with Crippen LogP contribution in [-0.4, -0.2) is 23.6 Å². The lowest BCUT2D eigenvalue weighted by atomic mass is 10.1. The van der Waals surface area contributed by atoms with Crippen LogP contribution < -0.4 is 11.1 Å². The van der Waals surface area contributed by atoms with E-state index in [0.717, 1.165) is 18.4 Å². The third kappa shape index (κ3) is 4.37. The molecule has 0 fully saturated rings. The van der Waals surface area contributed by atoms with Crippen molar-refractivity contribution in [2.24, 2.45) is 10.9 Å². The molecule has 0 heterocycles. The highest BCUT2D eigenvalue weighted by Gasteiger charge is 2.10. The second-order valence-electron chi connectivity index (χ2n) is 3.93. The standard InChI is InChI=1S/C12H17Cl2N3O/c1-2-11(12(15)17-18)16-6-5-8-3-4-9(13)7-10(8)14/h3-4,7,11,16,18H,2,5-6H2,1H3,(H2,15,17). The van der Waals surface area contributed by atoms with Crippen molar-refractivity contribution >= 4 is 29.0 Å². The van der Waals surface area contributed by atoms with Crippen molar-refractivity contribution in [3.05, 3.63) is 33.8 Å². The lowest BCUT2D eigenvalue weighted by Gasteiger charge is -2.15. The molecule has 4 N–H and O–H groups in total. The van der Waals surface area contributed by atoms with Gasteiger partial charge in [0.05, 0.1) is 6.04 Å². The van der Waals surface area contributed by atoms with E-state index in [2.05, 4.69) is 10.5 Å². The summed E-state index contributed by atoms with van der Waals surface area (Å²) in [5, 5.41) is 16.1. The number of oxime groups is 1. The lowest BCUT2D eigenvalue weighted by molar-refractivity contribution is 0.314. The van der Waals surface area contributed by atoms with Crippen LogP contribution in [-0.2, 0) is 6.42 Å². The Hall–Kier alpha value is -0.970. The fourth-order valence-corrected chi connectivity index (χ4v) is 2.14. The summed E-state index contributed by atoms with van der Waals surface area (Å²) in [5.41, 5.74) is 6.57. The van der Waals surface area contributed by atoms with Crippen molar-refractivity contribution in [2.75, 3.05) is 6.54 Å². The molecular weight excluding hydrogens is 273 g/mol. The second kappa shape index (κ2) is 7.46. The summed E-state index contributed by atoms with van der Waals surface area (Å²) < 4.78 is 0. The van der Waals surface area contributed by atoms with Crippen LogP contribution in [0.25, 0.3) is 0 Å². The summed E-state index contributed by atoms with van der Waals surface area (Å²) in [5.74, 6) is 0.194. The summed E-state index contributed by atoms with van der Waals surface area (Å²) in [6, 6.07) is 5.31. The topological polar surface area (TPSA) is 70.6 Å². The van der Waals surface area contributed by atoms with Crippen LogP contribution >= 0.6 is 23.2 Å². The average Bonchev–Trinajstić information content (AvgIpc) is 2.36. The Labute approximate surface area is 117 Å². The molecule has 1 aromatic carbocycles. The number of hydrogen-bond acceptors (Lipinski definition) is 3. The number of nitrogens with one attached hydrogen (secondary N) is 1. The summed E-state index contributed by atoms with van der Waals surface area (Å²) >= 11 is 11.9. The quantitative estimate of drug-likeness (QED) is 0.326. The number of rotatable bonds is 6. The van der Waals surface area contributed by atoms with Crippen LogP contribution in [0.1, 0.15) is 18.9 Å². The molecule has 0 spiro atoms. The van der Waals surface area contributed by atoms with Crippen LogP contribution in [0.2, 0.25) is 10.0 Å². The predicted octanol–water partition coefficient (Wildman–Crippen LogP) is 2.65. The first-order valence-corrected chi connectivity index (χ1v) is 6.48. The van der Waals surface area contributed by atoms with Gasteiger partial charge >= 0.3 is 0 Å². The Morgan fingerprint density at radius 1 is 1.50 bits per heavy atom. The smallest absolute Gasteiger partial charge is 0.156 e. The molecule has 4 nitrogen and oxygen atoms in total. The van der Waals surface area contributed by atoms with Crippen molar-refractivity contribution in [1.29, 1.82) is 0 Å². The van der Waals surface area contributed by atoms with Crippen LogP contribution in [0.15, 0.2) is 23.4 Å². The molecule has 1 unspecified atom stereocenters. The number of nitrogens with two attached hydrogens (primary N) is 1. The molecule has 1 aromatic rings. The van der Waals surface area contributed by atoms with Crippen LogP contribution in [0, 0.1) is 0 Å². The highest BCUT2D eigenvalue weighted by Crippen LogP contribution is 2.21. The summed E-state index contributed by atoms with van der Waals surface area (Å²) in [4.78, 5) is 0. The van der Waals surface area contributed by atoms with Gasteiger partial charge in [0.2, 0.25) is 0 Å². The molecule has 0 aliphatic rings. The zero-order valence-corrected chi connectivity index (χ0v) is 11.7. The second-order valence-corrected chi connectivity index (χ2v) is 4.77. The number of nitrogens with zero attached hydrogens (tertiary/aromatic N) is 1. The van der Waals surface area contributed by atoms with Gasteiger partial charge in [0.15, 0.2) is 5.84 Å².